The summed E-state index contributed by atoms with van der Waals surface area (Å²) < 4.78 is 13.6. The number of carbonyl (C=O) groups excluding carboxylic acids is 2. The molecule has 180 valence electrons. The lowest BCUT2D eigenvalue weighted by atomic mass is 10.1. The summed E-state index contributed by atoms with van der Waals surface area (Å²) in [5, 5.41) is 23.1. The van der Waals surface area contributed by atoms with Crippen LogP contribution in [0.2, 0.25) is 0 Å². The smallest absolute Gasteiger partial charge is 0.269 e. The molecule has 0 aliphatic carbocycles. The van der Waals surface area contributed by atoms with Crippen LogP contribution in [0, 0.1) is 27.3 Å². The SMILES string of the molecule is N#C/C(C(=O)NCc1ccccc1)=C1/SC(Cc2cccc([N+](=O)[O-])c2)C(=O)N1c1ccc(F)cc1. The zero-order valence-electron chi connectivity index (χ0n) is 18.8. The van der Waals surface area contributed by atoms with Crippen LogP contribution in [0.25, 0.3) is 0 Å². The van der Waals surface area contributed by atoms with E-state index >= 15 is 0 Å². The number of nitrogens with one attached hydrogen (secondary N) is 1. The summed E-state index contributed by atoms with van der Waals surface area (Å²) in [5.41, 5.74) is 1.33. The Kier molecular flexibility index (Phi) is 7.42. The van der Waals surface area contributed by atoms with Gasteiger partial charge in [0.05, 0.1) is 10.2 Å². The number of hydrogen-bond donors (Lipinski definition) is 1. The van der Waals surface area contributed by atoms with Crippen LogP contribution in [0.5, 0.6) is 0 Å². The fourth-order valence-corrected chi connectivity index (χ4v) is 5.00. The summed E-state index contributed by atoms with van der Waals surface area (Å²) >= 11 is 1.03. The van der Waals surface area contributed by atoms with Gasteiger partial charge < -0.3 is 5.32 Å². The lowest BCUT2D eigenvalue weighted by molar-refractivity contribution is -0.384. The molecule has 0 bridgehead atoms. The van der Waals surface area contributed by atoms with E-state index in [9.17, 15) is 29.4 Å². The van der Waals surface area contributed by atoms with E-state index in [-0.39, 0.29) is 29.3 Å². The number of rotatable bonds is 7. The van der Waals surface area contributed by atoms with Crippen molar-refractivity contribution in [2.24, 2.45) is 0 Å². The van der Waals surface area contributed by atoms with Gasteiger partial charge in [-0.3, -0.25) is 24.6 Å². The predicted octanol–water partition coefficient (Wildman–Crippen LogP) is 4.48. The van der Waals surface area contributed by atoms with Crippen LogP contribution in [0.15, 0.2) is 89.5 Å². The summed E-state index contributed by atoms with van der Waals surface area (Å²) in [7, 11) is 0. The molecule has 10 heteroatoms. The average Bonchev–Trinajstić information content (AvgIpc) is 3.19. The molecule has 4 rings (SSSR count). The second kappa shape index (κ2) is 10.8. The lowest BCUT2D eigenvalue weighted by Gasteiger charge is -2.18. The van der Waals surface area contributed by atoms with Crippen molar-refractivity contribution in [1.29, 1.82) is 5.26 Å². The quantitative estimate of drug-likeness (QED) is 0.220. The van der Waals surface area contributed by atoms with E-state index < -0.39 is 27.8 Å². The molecule has 1 saturated heterocycles. The maximum atomic E-state index is 13.6. The summed E-state index contributed by atoms with van der Waals surface area (Å²) in [6.45, 7) is 0.185. The predicted molar refractivity (Wildman–Crippen MR) is 133 cm³/mol. The van der Waals surface area contributed by atoms with E-state index in [1.807, 2.05) is 36.4 Å². The highest BCUT2D eigenvalue weighted by atomic mass is 32.2. The van der Waals surface area contributed by atoms with Gasteiger partial charge >= 0.3 is 0 Å². The van der Waals surface area contributed by atoms with E-state index in [0.29, 0.717) is 11.3 Å². The van der Waals surface area contributed by atoms with Crippen LogP contribution in [0.4, 0.5) is 15.8 Å². The number of nitrogens with zero attached hydrogens (tertiary/aromatic N) is 3. The molecule has 1 atom stereocenters. The Morgan fingerprint density at radius 3 is 2.44 bits per heavy atom. The number of hydrogen-bond acceptors (Lipinski definition) is 6. The van der Waals surface area contributed by atoms with Gasteiger partial charge in [0.15, 0.2) is 0 Å². The molecule has 1 N–H and O–H groups in total. The molecule has 1 aliphatic heterocycles. The number of nitro groups is 1. The first-order chi connectivity index (χ1) is 17.4. The largest absolute Gasteiger partial charge is 0.347 e. The van der Waals surface area contributed by atoms with Crippen LogP contribution in [-0.2, 0) is 22.6 Å². The van der Waals surface area contributed by atoms with Gasteiger partial charge in [0.25, 0.3) is 11.6 Å². The van der Waals surface area contributed by atoms with Crippen molar-refractivity contribution in [2.45, 2.75) is 18.2 Å². The van der Waals surface area contributed by atoms with E-state index in [0.717, 1.165) is 17.3 Å². The highest BCUT2D eigenvalue weighted by Gasteiger charge is 2.41. The van der Waals surface area contributed by atoms with Gasteiger partial charge in [0, 0.05) is 24.4 Å². The molecule has 1 aliphatic rings. The normalized spacial score (nSPS) is 16.4. The van der Waals surface area contributed by atoms with Crippen LogP contribution < -0.4 is 10.2 Å². The lowest BCUT2D eigenvalue weighted by Crippen LogP contribution is -2.32. The number of halogens is 1. The van der Waals surface area contributed by atoms with Crippen LogP contribution in [0.1, 0.15) is 11.1 Å². The Morgan fingerprint density at radius 2 is 1.78 bits per heavy atom. The number of amides is 2. The molecule has 3 aromatic rings. The number of non-ortho nitro benzene ring substituents is 1. The van der Waals surface area contributed by atoms with Crippen LogP contribution in [-0.4, -0.2) is 22.0 Å². The summed E-state index contributed by atoms with van der Waals surface area (Å²) in [6.07, 6.45) is 0.136. The highest BCUT2D eigenvalue weighted by Crippen LogP contribution is 2.42. The Hall–Kier alpha value is -4.49. The van der Waals surface area contributed by atoms with Crippen LogP contribution in [0.3, 0.4) is 0 Å². The first kappa shape index (κ1) is 24.6. The molecule has 1 fully saturated rings. The van der Waals surface area contributed by atoms with Gasteiger partial charge in [0.1, 0.15) is 22.5 Å². The second-order valence-corrected chi connectivity index (χ2v) is 9.04. The van der Waals surface area contributed by atoms with Crippen LogP contribution >= 0.6 is 11.8 Å². The first-order valence-electron chi connectivity index (χ1n) is 10.8. The zero-order valence-corrected chi connectivity index (χ0v) is 19.6. The van der Waals surface area contributed by atoms with E-state index in [4.69, 9.17) is 0 Å². The van der Waals surface area contributed by atoms with E-state index in [1.165, 1.54) is 47.4 Å². The second-order valence-electron chi connectivity index (χ2n) is 7.85. The Labute approximate surface area is 210 Å². The summed E-state index contributed by atoms with van der Waals surface area (Å²) in [5.74, 6) is -1.57. The average molecular weight is 503 g/mol. The van der Waals surface area contributed by atoms with Crippen molar-refractivity contribution >= 4 is 35.0 Å². The van der Waals surface area contributed by atoms with E-state index in [1.54, 1.807) is 6.07 Å². The minimum Gasteiger partial charge on any atom is -0.347 e. The molecule has 0 radical (unpaired) electrons. The van der Waals surface area contributed by atoms with Gasteiger partial charge in [-0.15, -0.1) is 0 Å². The highest BCUT2D eigenvalue weighted by molar-refractivity contribution is 8.05. The van der Waals surface area contributed by atoms with Crippen molar-refractivity contribution in [3.8, 4) is 6.07 Å². The van der Waals surface area contributed by atoms with Crippen molar-refractivity contribution in [1.82, 2.24) is 5.32 Å². The maximum Gasteiger partial charge on any atom is 0.269 e. The molecule has 2 amide bonds. The third-order valence-electron chi connectivity index (χ3n) is 5.43. The fraction of sp³-hybridized carbons (Fsp3) is 0.115. The molecule has 0 spiro atoms. The molecule has 1 unspecified atom stereocenters. The molecule has 0 aromatic heterocycles. The third-order valence-corrected chi connectivity index (χ3v) is 6.69. The molecule has 0 saturated carbocycles. The number of anilines is 1. The molecule has 3 aromatic carbocycles. The maximum absolute atomic E-state index is 13.6. The fourth-order valence-electron chi connectivity index (χ4n) is 3.69. The summed E-state index contributed by atoms with van der Waals surface area (Å²) in [6, 6.07) is 22.1. The molecule has 8 nitrogen and oxygen atoms in total. The van der Waals surface area contributed by atoms with Gasteiger partial charge in [0.2, 0.25) is 5.91 Å². The minimum atomic E-state index is -0.752. The number of nitro benzene ring substituents is 1. The Morgan fingerprint density at radius 1 is 1.08 bits per heavy atom. The molecule has 1 heterocycles. The number of thioether (sulfide) groups is 1. The van der Waals surface area contributed by atoms with Crippen molar-refractivity contribution in [3.63, 3.8) is 0 Å². The Bertz CT molecular complexity index is 1390. The van der Waals surface area contributed by atoms with Gasteiger partial charge in [-0.05, 0) is 41.8 Å². The topological polar surface area (TPSA) is 116 Å². The Balaban J connectivity index is 1.67. The number of benzene rings is 3. The number of nitriles is 1. The monoisotopic (exact) mass is 502 g/mol. The van der Waals surface area contributed by atoms with E-state index in [2.05, 4.69) is 5.32 Å². The molecular formula is C26H19FN4O4S. The minimum absolute atomic E-state index is 0.105. The van der Waals surface area contributed by atoms with Crippen molar-refractivity contribution < 1.29 is 18.9 Å². The standard InChI is InChI=1S/C26H19FN4O4S/c27-19-9-11-20(12-10-19)30-25(33)23(14-18-7-4-8-21(13-18)31(34)35)36-26(30)22(15-28)24(32)29-16-17-5-2-1-3-6-17/h1-13,23H,14,16H2,(H,29,32)/b26-22-. The zero-order chi connectivity index (χ0) is 25.7. The molecular weight excluding hydrogens is 483 g/mol. The van der Waals surface area contributed by atoms with Gasteiger partial charge in [-0.2, -0.15) is 5.26 Å². The van der Waals surface area contributed by atoms with Gasteiger partial charge in [-0.25, -0.2) is 4.39 Å². The summed E-state index contributed by atoms with van der Waals surface area (Å²) in [4.78, 5) is 38.3. The third kappa shape index (κ3) is 5.42. The first-order valence-corrected chi connectivity index (χ1v) is 11.7. The number of carbonyl (C=O) groups is 2. The van der Waals surface area contributed by atoms with Gasteiger partial charge in [-0.1, -0.05) is 54.2 Å². The molecule has 36 heavy (non-hydrogen) atoms. The van der Waals surface area contributed by atoms with Crippen molar-refractivity contribution in [3.05, 3.63) is 117 Å². The van der Waals surface area contributed by atoms with Crippen molar-refractivity contribution in [2.75, 3.05) is 4.90 Å².